The Morgan fingerprint density at radius 1 is 1.07 bits per heavy atom. The van der Waals surface area contributed by atoms with Crippen LogP contribution in [-0.4, -0.2) is 34.6 Å². The molecule has 0 unspecified atom stereocenters. The standard InChI is InChI=1S/C23H28Cl2N2O2S/c1-15(2)26-23(29)17(4)27(12-18-9-10-20(24)11-21(18)25)22(28)14-30-13-19-8-6-5-7-16(19)3/h5-11,15,17H,12-14H2,1-4H3,(H,26,29)/t17-/m0/s1. The highest BCUT2D eigenvalue weighted by atomic mass is 35.5. The van der Waals surface area contributed by atoms with Gasteiger partial charge in [0.1, 0.15) is 6.04 Å². The summed E-state index contributed by atoms with van der Waals surface area (Å²) in [7, 11) is 0. The molecule has 0 heterocycles. The molecular formula is C23H28Cl2N2O2S. The molecule has 0 saturated heterocycles. The Morgan fingerprint density at radius 2 is 1.77 bits per heavy atom. The van der Waals surface area contributed by atoms with Crippen molar-refractivity contribution in [3.8, 4) is 0 Å². The Bertz CT molecular complexity index is 889. The van der Waals surface area contributed by atoms with Crippen LogP contribution in [0.25, 0.3) is 0 Å². The van der Waals surface area contributed by atoms with Gasteiger partial charge in [-0.2, -0.15) is 0 Å². The van der Waals surface area contributed by atoms with Crippen molar-refractivity contribution >= 4 is 46.8 Å². The van der Waals surface area contributed by atoms with Gasteiger partial charge in [0.25, 0.3) is 0 Å². The van der Waals surface area contributed by atoms with Crippen molar-refractivity contribution in [1.82, 2.24) is 10.2 Å². The van der Waals surface area contributed by atoms with E-state index in [4.69, 9.17) is 23.2 Å². The molecule has 162 valence electrons. The van der Waals surface area contributed by atoms with Crippen molar-refractivity contribution < 1.29 is 9.59 Å². The summed E-state index contributed by atoms with van der Waals surface area (Å²) in [5.74, 6) is 0.720. The summed E-state index contributed by atoms with van der Waals surface area (Å²) in [5.41, 5.74) is 3.16. The zero-order valence-electron chi connectivity index (χ0n) is 17.7. The number of hydrogen-bond donors (Lipinski definition) is 1. The number of halogens is 2. The molecule has 0 spiro atoms. The van der Waals surface area contributed by atoms with Gasteiger partial charge in [0.05, 0.1) is 5.75 Å². The highest BCUT2D eigenvalue weighted by molar-refractivity contribution is 7.99. The molecule has 2 aromatic carbocycles. The predicted molar refractivity (Wildman–Crippen MR) is 127 cm³/mol. The number of amides is 2. The van der Waals surface area contributed by atoms with Gasteiger partial charge in [0, 0.05) is 28.4 Å². The number of aryl methyl sites for hydroxylation is 1. The van der Waals surface area contributed by atoms with E-state index in [0.717, 1.165) is 11.3 Å². The Kier molecular flexibility index (Phi) is 9.53. The summed E-state index contributed by atoms with van der Waals surface area (Å²) in [6.07, 6.45) is 0. The molecule has 0 fully saturated rings. The van der Waals surface area contributed by atoms with Gasteiger partial charge in [0.2, 0.25) is 11.8 Å². The van der Waals surface area contributed by atoms with Crippen molar-refractivity contribution in [1.29, 1.82) is 0 Å². The van der Waals surface area contributed by atoms with E-state index < -0.39 is 6.04 Å². The van der Waals surface area contributed by atoms with Gasteiger partial charge in [-0.15, -0.1) is 11.8 Å². The second kappa shape index (κ2) is 11.6. The van der Waals surface area contributed by atoms with E-state index in [1.54, 1.807) is 41.8 Å². The molecular weight excluding hydrogens is 439 g/mol. The molecule has 4 nitrogen and oxygen atoms in total. The topological polar surface area (TPSA) is 49.4 Å². The third-order valence-electron chi connectivity index (χ3n) is 4.70. The molecule has 0 aliphatic rings. The van der Waals surface area contributed by atoms with Gasteiger partial charge in [-0.3, -0.25) is 9.59 Å². The molecule has 0 radical (unpaired) electrons. The van der Waals surface area contributed by atoms with E-state index in [-0.39, 0.29) is 30.2 Å². The number of carbonyl (C=O) groups is 2. The summed E-state index contributed by atoms with van der Waals surface area (Å²) >= 11 is 13.9. The Hall–Kier alpha value is -1.69. The maximum absolute atomic E-state index is 13.1. The Balaban J connectivity index is 2.13. The molecule has 1 atom stereocenters. The lowest BCUT2D eigenvalue weighted by Crippen LogP contribution is -2.49. The van der Waals surface area contributed by atoms with E-state index in [0.29, 0.717) is 10.0 Å². The zero-order valence-corrected chi connectivity index (χ0v) is 20.1. The van der Waals surface area contributed by atoms with Gasteiger partial charge < -0.3 is 10.2 Å². The van der Waals surface area contributed by atoms with Crippen molar-refractivity contribution in [2.24, 2.45) is 0 Å². The van der Waals surface area contributed by atoms with Crippen LogP contribution in [0.4, 0.5) is 0 Å². The molecule has 0 bridgehead atoms. The van der Waals surface area contributed by atoms with E-state index in [1.807, 2.05) is 26.0 Å². The highest BCUT2D eigenvalue weighted by Crippen LogP contribution is 2.24. The Morgan fingerprint density at radius 3 is 2.40 bits per heavy atom. The van der Waals surface area contributed by atoms with Crippen molar-refractivity contribution in [3.05, 3.63) is 69.2 Å². The van der Waals surface area contributed by atoms with Crippen LogP contribution < -0.4 is 5.32 Å². The van der Waals surface area contributed by atoms with E-state index >= 15 is 0 Å². The van der Waals surface area contributed by atoms with E-state index in [9.17, 15) is 9.59 Å². The lowest BCUT2D eigenvalue weighted by atomic mass is 10.1. The number of carbonyl (C=O) groups excluding carboxylic acids is 2. The molecule has 0 aromatic heterocycles. The van der Waals surface area contributed by atoms with Crippen LogP contribution in [0, 0.1) is 6.92 Å². The van der Waals surface area contributed by atoms with Crippen molar-refractivity contribution in [2.75, 3.05) is 5.75 Å². The van der Waals surface area contributed by atoms with Gasteiger partial charge in [-0.1, -0.05) is 53.5 Å². The number of nitrogens with one attached hydrogen (secondary N) is 1. The molecule has 2 rings (SSSR count). The van der Waals surface area contributed by atoms with Gasteiger partial charge in [0.15, 0.2) is 0 Å². The molecule has 1 N–H and O–H groups in total. The predicted octanol–water partition coefficient (Wildman–Crippen LogP) is 5.48. The minimum Gasteiger partial charge on any atom is -0.352 e. The number of hydrogen-bond acceptors (Lipinski definition) is 3. The molecule has 0 saturated carbocycles. The Labute approximate surface area is 193 Å². The third-order valence-corrected chi connectivity index (χ3v) is 6.25. The average molecular weight is 467 g/mol. The first-order valence-corrected chi connectivity index (χ1v) is 11.8. The molecule has 7 heteroatoms. The fourth-order valence-corrected chi connectivity index (χ4v) is 4.38. The molecule has 2 amide bonds. The maximum atomic E-state index is 13.1. The molecule has 2 aromatic rings. The van der Waals surface area contributed by atoms with Crippen LogP contribution in [-0.2, 0) is 21.9 Å². The van der Waals surface area contributed by atoms with Crippen LogP contribution in [0.3, 0.4) is 0 Å². The number of thioether (sulfide) groups is 1. The summed E-state index contributed by atoms with van der Waals surface area (Å²) in [6.45, 7) is 7.83. The summed E-state index contributed by atoms with van der Waals surface area (Å²) < 4.78 is 0. The van der Waals surface area contributed by atoms with Crippen molar-refractivity contribution in [2.45, 2.75) is 52.1 Å². The molecule has 30 heavy (non-hydrogen) atoms. The fourth-order valence-electron chi connectivity index (χ4n) is 2.92. The largest absolute Gasteiger partial charge is 0.352 e. The fraction of sp³-hybridized carbons (Fsp3) is 0.391. The number of rotatable bonds is 9. The van der Waals surface area contributed by atoms with Crippen LogP contribution in [0.2, 0.25) is 10.0 Å². The molecule has 0 aliphatic heterocycles. The first-order valence-electron chi connectivity index (χ1n) is 9.85. The maximum Gasteiger partial charge on any atom is 0.242 e. The first-order chi connectivity index (χ1) is 14.2. The summed E-state index contributed by atoms with van der Waals surface area (Å²) in [6, 6.07) is 12.7. The zero-order chi connectivity index (χ0) is 22.3. The smallest absolute Gasteiger partial charge is 0.242 e. The monoisotopic (exact) mass is 466 g/mol. The lowest BCUT2D eigenvalue weighted by molar-refractivity contribution is -0.138. The second-order valence-corrected chi connectivity index (χ2v) is 9.35. The average Bonchev–Trinajstić information content (AvgIpc) is 2.67. The second-order valence-electron chi connectivity index (χ2n) is 7.52. The third kappa shape index (κ3) is 7.22. The number of nitrogens with zero attached hydrogens (tertiary/aromatic N) is 1. The minimum atomic E-state index is -0.620. The van der Waals surface area contributed by atoms with Gasteiger partial charge in [-0.25, -0.2) is 0 Å². The van der Waals surface area contributed by atoms with E-state index in [2.05, 4.69) is 24.4 Å². The number of benzene rings is 2. The summed E-state index contributed by atoms with van der Waals surface area (Å²) in [4.78, 5) is 27.3. The van der Waals surface area contributed by atoms with Crippen LogP contribution in [0.15, 0.2) is 42.5 Å². The lowest BCUT2D eigenvalue weighted by Gasteiger charge is -2.29. The van der Waals surface area contributed by atoms with Crippen molar-refractivity contribution in [3.63, 3.8) is 0 Å². The van der Waals surface area contributed by atoms with Gasteiger partial charge in [-0.05, 0) is 56.5 Å². The first kappa shape index (κ1) is 24.6. The van der Waals surface area contributed by atoms with Crippen LogP contribution in [0.5, 0.6) is 0 Å². The quantitative estimate of drug-likeness (QED) is 0.532. The van der Waals surface area contributed by atoms with Gasteiger partial charge >= 0.3 is 0 Å². The summed E-state index contributed by atoms with van der Waals surface area (Å²) in [5, 5.41) is 3.89. The van der Waals surface area contributed by atoms with E-state index in [1.165, 1.54) is 11.1 Å². The SMILES string of the molecule is Cc1ccccc1CSCC(=O)N(Cc1ccc(Cl)cc1Cl)[C@@H](C)C(=O)NC(C)C. The van der Waals surface area contributed by atoms with Crippen LogP contribution in [0.1, 0.15) is 37.5 Å². The highest BCUT2D eigenvalue weighted by Gasteiger charge is 2.27. The minimum absolute atomic E-state index is 0.00791. The van der Waals surface area contributed by atoms with Crippen LogP contribution >= 0.6 is 35.0 Å². The molecule has 0 aliphatic carbocycles. The normalized spacial score (nSPS) is 12.0.